The monoisotopic (exact) mass is 360 g/mol. The van der Waals surface area contributed by atoms with E-state index in [0.29, 0.717) is 5.56 Å². The van der Waals surface area contributed by atoms with Crippen molar-refractivity contribution >= 4 is 21.4 Å². The molecule has 2 fully saturated rings. The zero-order valence-electron chi connectivity index (χ0n) is 14.2. The number of nitrogens with two attached hydrogens (primary N) is 1. The van der Waals surface area contributed by atoms with Crippen molar-refractivity contribution in [3.63, 3.8) is 0 Å². The molecule has 2 aromatic rings. The first-order valence-electron chi connectivity index (χ1n) is 8.12. The number of fused-ring (bicyclic) bond motifs is 1. The number of aryl methyl sites for hydroxylation is 1. The van der Waals surface area contributed by atoms with Gasteiger partial charge in [-0.1, -0.05) is 0 Å². The fourth-order valence-corrected chi connectivity index (χ4v) is 4.77. The van der Waals surface area contributed by atoms with Gasteiger partial charge in [-0.3, -0.25) is 0 Å². The first-order chi connectivity index (χ1) is 11.7. The summed E-state index contributed by atoms with van der Waals surface area (Å²) in [6.07, 6.45) is 5.11. The van der Waals surface area contributed by atoms with Gasteiger partial charge in [0, 0.05) is 37.8 Å². The quantitative estimate of drug-likeness (QED) is 0.863. The molecule has 132 valence electrons. The normalized spacial score (nSPS) is 19.9. The maximum Gasteiger partial charge on any atom is 0.276 e. The summed E-state index contributed by atoms with van der Waals surface area (Å²) in [7, 11) is -2.10. The van der Waals surface area contributed by atoms with Gasteiger partial charge in [0.25, 0.3) is 10.2 Å². The molecule has 0 atom stereocenters. The summed E-state index contributed by atoms with van der Waals surface area (Å²) in [5, 5.41) is 19.0. The van der Waals surface area contributed by atoms with Gasteiger partial charge in [-0.25, -0.2) is 9.65 Å². The molecular weight excluding hydrogens is 340 g/mol. The minimum atomic E-state index is -3.64. The van der Waals surface area contributed by atoms with Crippen LogP contribution in [0.25, 0.3) is 5.52 Å². The maximum absolute atomic E-state index is 11.5. The van der Waals surface area contributed by atoms with Crippen LogP contribution in [0.2, 0.25) is 0 Å². The largest absolute Gasteiger partial charge is 0.367 e. The number of hydrogen-bond donors (Lipinski definition) is 1. The molecule has 1 aliphatic heterocycles. The van der Waals surface area contributed by atoms with Crippen LogP contribution in [-0.4, -0.2) is 48.5 Å². The summed E-state index contributed by atoms with van der Waals surface area (Å²) in [6.45, 7) is 3.65. The summed E-state index contributed by atoms with van der Waals surface area (Å²) < 4.78 is 26.0. The molecule has 0 bridgehead atoms. The van der Waals surface area contributed by atoms with E-state index in [1.807, 2.05) is 19.2 Å². The van der Waals surface area contributed by atoms with Crippen LogP contribution in [0, 0.1) is 23.7 Å². The lowest BCUT2D eigenvalue weighted by Gasteiger charge is -2.61. The highest BCUT2D eigenvalue weighted by atomic mass is 32.2. The third kappa shape index (κ3) is 2.40. The molecule has 0 unspecified atom stereocenters. The van der Waals surface area contributed by atoms with Crippen molar-refractivity contribution in [3.8, 4) is 6.07 Å². The van der Waals surface area contributed by atoms with Crippen molar-refractivity contribution in [2.75, 3.05) is 25.0 Å². The molecule has 4 rings (SSSR count). The van der Waals surface area contributed by atoms with Crippen LogP contribution in [-0.2, 0) is 10.2 Å². The molecule has 2 aromatic heterocycles. The van der Waals surface area contributed by atoms with E-state index < -0.39 is 10.2 Å². The molecule has 25 heavy (non-hydrogen) atoms. The lowest BCUT2D eigenvalue weighted by atomic mass is 9.60. The van der Waals surface area contributed by atoms with Crippen LogP contribution in [0.3, 0.4) is 0 Å². The third-order valence-corrected chi connectivity index (χ3v) is 6.70. The minimum absolute atomic E-state index is 0.0277. The highest BCUT2D eigenvalue weighted by Crippen LogP contribution is 2.52. The van der Waals surface area contributed by atoms with E-state index in [2.05, 4.69) is 16.1 Å². The van der Waals surface area contributed by atoms with Gasteiger partial charge in [0.15, 0.2) is 0 Å². The van der Waals surface area contributed by atoms with Gasteiger partial charge < -0.3 is 4.90 Å². The highest BCUT2D eigenvalue weighted by molar-refractivity contribution is 7.86. The SMILES string of the molecule is Cc1ccn2ncc(C#N)c(N3CC4(CC(N(C)S(N)(=O)=O)C4)C3)c12. The van der Waals surface area contributed by atoms with Crippen molar-refractivity contribution in [3.05, 3.63) is 29.6 Å². The summed E-state index contributed by atoms with van der Waals surface area (Å²) in [6, 6.07) is 4.20. The molecule has 1 saturated heterocycles. The van der Waals surface area contributed by atoms with Crippen LogP contribution >= 0.6 is 0 Å². The summed E-state index contributed by atoms with van der Waals surface area (Å²) >= 11 is 0. The molecular formula is C16H20N6O2S. The van der Waals surface area contributed by atoms with Gasteiger partial charge in [0.2, 0.25) is 0 Å². The number of rotatable bonds is 3. The van der Waals surface area contributed by atoms with Crippen molar-refractivity contribution in [2.45, 2.75) is 25.8 Å². The van der Waals surface area contributed by atoms with E-state index >= 15 is 0 Å². The Balaban J connectivity index is 1.56. The Morgan fingerprint density at radius 2 is 2.12 bits per heavy atom. The van der Waals surface area contributed by atoms with E-state index in [-0.39, 0.29) is 11.5 Å². The molecule has 0 amide bonds. The molecule has 1 spiro atoms. The van der Waals surface area contributed by atoms with Crippen LogP contribution in [0.1, 0.15) is 24.0 Å². The average Bonchev–Trinajstić information content (AvgIpc) is 2.84. The number of nitriles is 1. The number of nitrogens with zero attached hydrogens (tertiary/aromatic N) is 5. The zero-order valence-corrected chi connectivity index (χ0v) is 15.0. The van der Waals surface area contributed by atoms with E-state index in [9.17, 15) is 13.7 Å². The molecule has 2 N–H and O–H groups in total. The van der Waals surface area contributed by atoms with Gasteiger partial charge in [0.05, 0.1) is 23.0 Å². The minimum Gasteiger partial charge on any atom is -0.367 e. The molecule has 8 nitrogen and oxygen atoms in total. The Hall–Kier alpha value is -2.15. The van der Waals surface area contributed by atoms with Gasteiger partial charge in [0.1, 0.15) is 6.07 Å². The van der Waals surface area contributed by atoms with Gasteiger partial charge in [-0.05, 0) is 31.4 Å². The van der Waals surface area contributed by atoms with Gasteiger partial charge in [-0.2, -0.15) is 23.1 Å². The standard InChI is InChI=1S/C16H20N6O2S/c1-11-3-4-22-14(11)15(12(7-17)8-19-22)21-9-16(10-21)5-13(6-16)20(2)25(18,23)24/h3-4,8,13H,5-6,9-10H2,1-2H3,(H2,18,23,24). The summed E-state index contributed by atoms with van der Waals surface area (Å²) in [5.41, 5.74) is 3.67. The first-order valence-corrected chi connectivity index (χ1v) is 9.62. The van der Waals surface area contributed by atoms with E-state index in [0.717, 1.165) is 42.7 Å². The second kappa shape index (κ2) is 5.17. The second-order valence-corrected chi connectivity index (χ2v) is 8.90. The molecule has 1 saturated carbocycles. The van der Waals surface area contributed by atoms with Crippen molar-refractivity contribution in [1.29, 1.82) is 5.26 Å². The Morgan fingerprint density at radius 3 is 2.72 bits per heavy atom. The summed E-state index contributed by atoms with van der Waals surface area (Å²) in [5.74, 6) is 0. The van der Waals surface area contributed by atoms with Gasteiger partial charge >= 0.3 is 0 Å². The molecule has 0 aromatic carbocycles. The smallest absolute Gasteiger partial charge is 0.276 e. The van der Waals surface area contributed by atoms with Crippen LogP contribution in [0.4, 0.5) is 5.69 Å². The molecule has 1 aliphatic carbocycles. The van der Waals surface area contributed by atoms with E-state index in [4.69, 9.17) is 5.14 Å². The highest BCUT2D eigenvalue weighted by Gasteiger charge is 2.55. The zero-order chi connectivity index (χ0) is 18.0. The second-order valence-electron chi connectivity index (χ2n) is 7.29. The summed E-state index contributed by atoms with van der Waals surface area (Å²) in [4.78, 5) is 2.20. The molecule has 9 heteroatoms. The van der Waals surface area contributed by atoms with E-state index in [1.54, 1.807) is 10.7 Å². The molecule has 0 radical (unpaired) electrons. The lowest BCUT2D eigenvalue weighted by Crippen LogP contribution is -2.67. The van der Waals surface area contributed by atoms with Crippen LogP contribution in [0.5, 0.6) is 0 Å². The average molecular weight is 360 g/mol. The van der Waals surface area contributed by atoms with Crippen molar-refractivity contribution in [2.24, 2.45) is 10.6 Å². The number of aromatic nitrogens is 2. The fraction of sp³-hybridized carbons (Fsp3) is 0.500. The predicted octanol–water partition coefficient (Wildman–Crippen LogP) is 0.619. The van der Waals surface area contributed by atoms with Crippen molar-refractivity contribution in [1.82, 2.24) is 13.9 Å². The predicted molar refractivity (Wildman–Crippen MR) is 93.2 cm³/mol. The topological polar surface area (TPSA) is 108 Å². The Morgan fingerprint density at radius 1 is 1.44 bits per heavy atom. The van der Waals surface area contributed by atoms with E-state index in [1.165, 1.54) is 11.4 Å². The Kier molecular flexibility index (Phi) is 3.38. The third-order valence-electron chi connectivity index (χ3n) is 5.60. The van der Waals surface area contributed by atoms with Crippen molar-refractivity contribution < 1.29 is 8.42 Å². The molecule has 3 heterocycles. The van der Waals surface area contributed by atoms with Crippen LogP contribution < -0.4 is 10.0 Å². The number of anilines is 1. The van der Waals surface area contributed by atoms with Crippen LogP contribution in [0.15, 0.2) is 18.5 Å². The Bertz CT molecular complexity index is 992. The maximum atomic E-state index is 11.5. The number of hydrogen-bond acceptors (Lipinski definition) is 5. The van der Waals surface area contributed by atoms with Gasteiger partial charge in [-0.15, -0.1) is 0 Å². The molecule has 2 aliphatic rings. The first kappa shape index (κ1) is 16.3. The lowest BCUT2D eigenvalue weighted by molar-refractivity contribution is 0.0211. The Labute approximate surface area is 146 Å². The fourth-order valence-electron chi connectivity index (χ4n) is 4.20.